The Bertz CT molecular complexity index is 749. The van der Waals surface area contributed by atoms with Gasteiger partial charge in [-0.1, -0.05) is 73.9 Å². The highest BCUT2D eigenvalue weighted by molar-refractivity contribution is 5.78. The molecule has 1 aliphatic carbocycles. The van der Waals surface area contributed by atoms with E-state index in [9.17, 15) is 0 Å². The quantitative estimate of drug-likeness (QED) is 0.489. The first-order chi connectivity index (χ1) is 12.4. The van der Waals surface area contributed by atoms with E-state index in [1.807, 2.05) is 0 Å². The lowest BCUT2D eigenvalue weighted by Crippen LogP contribution is -2.14. The molecule has 0 radical (unpaired) electrons. The molecule has 0 bridgehead atoms. The third-order valence-electron chi connectivity index (χ3n) is 5.25. The second kappa shape index (κ2) is 7.57. The molecule has 1 nitrogen and oxygen atoms in total. The van der Waals surface area contributed by atoms with Crippen LogP contribution >= 0.6 is 0 Å². The van der Waals surface area contributed by atoms with Crippen molar-refractivity contribution in [2.75, 3.05) is 4.90 Å². The van der Waals surface area contributed by atoms with Gasteiger partial charge in [0.15, 0.2) is 0 Å². The van der Waals surface area contributed by atoms with Crippen molar-refractivity contribution in [2.24, 2.45) is 0 Å². The summed E-state index contributed by atoms with van der Waals surface area (Å²) in [5, 5.41) is 0. The predicted molar refractivity (Wildman–Crippen MR) is 107 cm³/mol. The highest BCUT2D eigenvalue weighted by Gasteiger charge is 2.22. The molecule has 0 spiro atoms. The van der Waals surface area contributed by atoms with Crippen molar-refractivity contribution in [1.29, 1.82) is 0 Å². The van der Waals surface area contributed by atoms with Gasteiger partial charge in [-0.2, -0.15) is 0 Å². The number of anilines is 3. The van der Waals surface area contributed by atoms with Crippen molar-refractivity contribution < 1.29 is 0 Å². The SMILES string of the molecule is c1ccc(N(c2ccccc2)c2ccccc2C2CCCCC2)cc1. The Labute approximate surface area is 150 Å². The van der Waals surface area contributed by atoms with Crippen molar-refractivity contribution in [3.8, 4) is 0 Å². The van der Waals surface area contributed by atoms with Crippen molar-refractivity contribution in [1.82, 2.24) is 0 Å². The molecule has 4 rings (SSSR count). The van der Waals surface area contributed by atoms with E-state index >= 15 is 0 Å². The van der Waals surface area contributed by atoms with Crippen LogP contribution in [0.4, 0.5) is 17.1 Å². The van der Waals surface area contributed by atoms with Gasteiger partial charge in [0.1, 0.15) is 0 Å². The van der Waals surface area contributed by atoms with E-state index in [4.69, 9.17) is 0 Å². The fraction of sp³-hybridized carbons (Fsp3) is 0.250. The smallest absolute Gasteiger partial charge is 0.0496 e. The number of nitrogens with zero attached hydrogens (tertiary/aromatic N) is 1. The standard InChI is InChI=1S/C24H25N/c1-4-12-20(13-5-1)23-18-10-11-19-24(23)25(21-14-6-2-7-15-21)22-16-8-3-9-17-22/h2-3,6-11,14-20H,1,4-5,12-13H2. The highest BCUT2D eigenvalue weighted by Crippen LogP contribution is 2.42. The van der Waals surface area contributed by atoms with Crippen LogP contribution in [0.25, 0.3) is 0 Å². The minimum atomic E-state index is 0.680. The van der Waals surface area contributed by atoms with Crippen molar-refractivity contribution in [3.05, 3.63) is 90.5 Å². The second-order valence-corrected chi connectivity index (χ2v) is 6.90. The van der Waals surface area contributed by atoms with Gasteiger partial charge in [0.05, 0.1) is 0 Å². The Kier molecular flexibility index (Phi) is 4.83. The molecule has 3 aromatic rings. The number of para-hydroxylation sites is 3. The maximum absolute atomic E-state index is 2.41. The minimum absolute atomic E-state index is 0.680. The first-order valence-electron chi connectivity index (χ1n) is 9.42. The number of hydrogen-bond acceptors (Lipinski definition) is 1. The van der Waals surface area contributed by atoms with Crippen LogP contribution in [-0.2, 0) is 0 Å². The maximum atomic E-state index is 2.41. The fourth-order valence-electron chi connectivity index (χ4n) is 4.03. The molecule has 0 saturated heterocycles. The van der Waals surface area contributed by atoms with Gasteiger partial charge in [0, 0.05) is 17.1 Å². The zero-order chi connectivity index (χ0) is 16.9. The molecule has 0 amide bonds. The van der Waals surface area contributed by atoms with Crippen molar-refractivity contribution in [3.63, 3.8) is 0 Å². The summed E-state index contributed by atoms with van der Waals surface area (Å²) in [5.41, 5.74) is 5.26. The summed E-state index contributed by atoms with van der Waals surface area (Å²) in [6, 6.07) is 30.4. The third kappa shape index (κ3) is 3.46. The van der Waals surface area contributed by atoms with Gasteiger partial charge >= 0.3 is 0 Å². The lowest BCUT2D eigenvalue weighted by Gasteiger charge is -2.31. The van der Waals surface area contributed by atoms with Gasteiger partial charge in [-0.25, -0.2) is 0 Å². The molecule has 0 N–H and O–H groups in total. The van der Waals surface area contributed by atoms with E-state index in [1.54, 1.807) is 0 Å². The van der Waals surface area contributed by atoms with E-state index in [1.165, 1.54) is 54.7 Å². The normalized spacial score (nSPS) is 15.0. The average molecular weight is 327 g/mol. The minimum Gasteiger partial charge on any atom is -0.310 e. The van der Waals surface area contributed by atoms with Crippen LogP contribution in [0, 0.1) is 0 Å². The topological polar surface area (TPSA) is 3.24 Å². The van der Waals surface area contributed by atoms with Gasteiger partial charge in [-0.3, -0.25) is 0 Å². The summed E-state index contributed by atoms with van der Waals surface area (Å²) in [6.07, 6.45) is 6.73. The molecule has 0 unspecified atom stereocenters. The molecule has 0 aromatic heterocycles. The van der Waals surface area contributed by atoms with Gasteiger partial charge in [-0.15, -0.1) is 0 Å². The summed E-state index contributed by atoms with van der Waals surface area (Å²) in [7, 11) is 0. The van der Waals surface area contributed by atoms with Crippen LogP contribution in [0.2, 0.25) is 0 Å². The summed E-state index contributed by atoms with van der Waals surface area (Å²) in [6.45, 7) is 0. The summed E-state index contributed by atoms with van der Waals surface area (Å²) in [5.74, 6) is 0.680. The van der Waals surface area contributed by atoms with Crippen LogP contribution in [0.15, 0.2) is 84.9 Å². The second-order valence-electron chi connectivity index (χ2n) is 6.90. The molecular formula is C24H25N. The number of hydrogen-bond donors (Lipinski definition) is 0. The summed E-state index contributed by atoms with van der Waals surface area (Å²) >= 11 is 0. The molecule has 0 atom stereocenters. The van der Waals surface area contributed by atoms with E-state index in [0.717, 1.165) is 0 Å². The molecule has 3 aromatic carbocycles. The highest BCUT2D eigenvalue weighted by atomic mass is 15.1. The lowest BCUT2D eigenvalue weighted by atomic mass is 9.83. The van der Waals surface area contributed by atoms with Gasteiger partial charge in [0.25, 0.3) is 0 Å². The van der Waals surface area contributed by atoms with Gasteiger partial charge < -0.3 is 4.90 Å². The Morgan fingerprint density at radius 3 is 1.68 bits per heavy atom. The average Bonchev–Trinajstić information content (AvgIpc) is 2.71. The molecule has 25 heavy (non-hydrogen) atoms. The van der Waals surface area contributed by atoms with Crippen LogP contribution in [0.1, 0.15) is 43.6 Å². The third-order valence-corrected chi connectivity index (χ3v) is 5.25. The molecule has 0 aliphatic heterocycles. The van der Waals surface area contributed by atoms with Crippen LogP contribution < -0.4 is 4.90 Å². The summed E-state index contributed by atoms with van der Waals surface area (Å²) in [4.78, 5) is 2.41. The predicted octanol–water partition coefficient (Wildman–Crippen LogP) is 7.20. The van der Waals surface area contributed by atoms with Crippen LogP contribution in [0.3, 0.4) is 0 Å². The van der Waals surface area contributed by atoms with Crippen LogP contribution in [-0.4, -0.2) is 0 Å². The first-order valence-corrected chi connectivity index (χ1v) is 9.42. The zero-order valence-electron chi connectivity index (χ0n) is 14.6. The summed E-state index contributed by atoms with van der Waals surface area (Å²) < 4.78 is 0. The van der Waals surface area contributed by atoms with Crippen molar-refractivity contribution in [2.45, 2.75) is 38.0 Å². The number of benzene rings is 3. The fourth-order valence-corrected chi connectivity index (χ4v) is 4.03. The molecule has 1 aliphatic rings. The molecule has 0 heterocycles. The van der Waals surface area contributed by atoms with E-state index in [2.05, 4.69) is 89.8 Å². The molecule has 1 heteroatoms. The first kappa shape index (κ1) is 16.0. The largest absolute Gasteiger partial charge is 0.310 e. The number of rotatable bonds is 4. The Morgan fingerprint density at radius 1 is 0.560 bits per heavy atom. The molecule has 1 fully saturated rings. The lowest BCUT2D eigenvalue weighted by molar-refractivity contribution is 0.444. The van der Waals surface area contributed by atoms with Crippen LogP contribution in [0.5, 0.6) is 0 Å². The van der Waals surface area contributed by atoms with E-state index < -0.39 is 0 Å². The van der Waals surface area contributed by atoms with Gasteiger partial charge in [-0.05, 0) is 54.7 Å². The zero-order valence-corrected chi connectivity index (χ0v) is 14.6. The van der Waals surface area contributed by atoms with Crippen molar-refractivity contribution >= 4 is 17.1 Å². The maximum Gasteiger partial charge on any atom is 0.0496 e. The van der Waals surface area contributed by atoms with E-state index in [0.29, 0.717) is 5.92 Å². The Balaban J connectivity index is 1.83. The molecule has 126 valence electrons. The Hall–Kier alpha value is -2.54. The molecule has 1 saturated carbocycles. The molecular weight excluding hydrogens is 302 g/mol. The Morgan fingerprint density at radius 2 is 1.08 bits per heavy atom. The van der Waals surface area contributed by atoms with Gasteiger partial charge in [0.2, 0.25) is 0 Å². The monoisotopic (exact) mass is 327 g/mol. The van der Waals surface area contributed by atoms with E-state index in [-0.39, 0.29) is 0 Å².